The van der Waals surface area contributed by atoms with Gasteiger partial charge in [-0.15, -0.1) is 0 Å². The fraction of sp³-hybridized carbons (Fsp3) is 0.350. The van der Waals surface area contributed by atoms with Crippen LogP contribution in [0.4, 0.5) is 13.2 Å². The van der Waals surface area contributed by atoms with Gasteiger partial charge in [0.05, 0.1) is 0 Å². The summed E-state index contributed by atoms with van der Waals surface area (Å²) in [7, 11) is 2.12. The highest BCUT2D eigenvalue weighted by Gasteiger charge is 2.32. The molecule has 1 aliphatic rings. The zero-order valence-corrected chi connectivity index (χ0v) is 14.6. The molecular weight excluding hydrogens is 339 g/mol. The van der Waals surface area contributed by atoms with Crippen LogP contribution in [0.15, 0.2) is 42.6 Å². The zero-order chi connectivity index (χ0) is 18.3. The first kappa shape index (κ1) is 17.1. The second-order valence-corrected chi connectivity index (χ2v) is 6.88. The van der Waals surface area contributed by atoms with Gasteiger partial charge in [-0.05, 0) is 42.8 Å². The number of likely N-dealkylation sites (N-methyl/N-ethyl adjacent to an activating group) is 1. The zero-order valence-electron chi connectivity index (χ0n) is 14.6. The number of nitrogens with zero attached hydrogens (tertiary/aromatic N) is 3. The van der Waals surface area contributed by atoms with Gasteiger partial charge in [0.15, 0.2) is 0 Å². The summed E-state index contributed by atoms with van der Waals surface area (Å²) in [4.78, 5) is 5.75. The van der Waals surface area contributed by atoms with Gasteiger partial charge in [-0.3, -0.25) is 4.98 Å². The molecule has 2 aromatic heterocycles. The molecule has 0 fully saturated rings. The lowest BCUT2D eigenvalue weighted by Crippen LogP contribution is -2.27. The van der Waals surface area contributed by atoms with E-state index in [1.165, 1.54) is 22.8 Å². The van der Waals surface area contributed by atoms with Crippen molar-refractivity contribution in [2.24, 2.45) is 0 Å². The summed E-state index contributed by atoms with van der Waals surface area (Å²) in [6, 6.07) is 11.1. The number of benzene rings is 1. The van der Waals surface area contributed by atoms with Crippen LogP contribution in [0, 0.1) is 0 Å². The predicted molar refractivity (Wildman–Crippen MR) is 94.9 cm³/mol. The molecule has 1 aliphatic heterocycles. The molecule has 3 aromatic rings. The van der Waals surface area contributed by atoms with E-state index in [4.69, 9.17) is 0 Å². The average Bonchev–Trinajstić information content (AvgIpc) is 2.93. The van der Waals surface area contributed by atoms with Gasteiger partial charge in [0.1, 0.15) is 5.69 Å². The Hall–Kier alpha value is -2.34. The highest BCUT2D eigenvalue weighted by atomic mass is 19.4. The smallest absolute Gasteiger partial charge is 0.344 e. The Morgan fingerprint density at radius 1 is 1.15 bits per heavy atom. The van der Waals surface area contributed by atoms with E-state index in [-0.39, 0.29) is 0 Å². The van der Waals surface area contributed by atoms with Gasteiger partial charge < -0.3 is 9.47 Å². The molecule has 136 valence electrons. The van der Waals surface area contributed by atoms with Gasteiger partial charge in [-0.25, -0.2) is 0 Å². The van der Waals surface area contributed by atoms with Crippen molar-refractivity contribution in [1.82, 2.24) is 14.5 Å². The first-order valence-electron chi connectivity index (χ1n) is 8.73. The normalized spacial score (nSPS) is 15.4. The molecular formula is C20H20F3N3. The van der Waals surface area contributed by atoms with Crippen molar-refractivity contribution in [2.75, 3.05) is 13.6 Å². The molecule has 4 rings (SSSR count). The lowest BCUT2D eigenvalue weighted by atomic mass is 10.1. The van der Waals surface area contributed by atoms with Gasteiger partial charge in [0, 0.05) is 48.8 Å². The molecule has 0 spiro atoms. The first-order chi connectivity index (χ1) is 12.4. The number of fused-ring (bicyclic) bond motifs is 3. The van der Waals surface area contributed by atoms with Crippen LogP contribution >= 0.6 is 0 Å². The molecule has 3 nitrogen and oxygen atoms in total. The van der Waals surface area contributed by atoms with E-state index in [1.54, 1.807) is 6.07 Å². The highest BCUT2D eigenvalue weighted by Crippen LogP contribution is 2.31. The second-order valence-electron chi connectivity index (χ2n) is 6.88. The number of para-hydroxylation sites is 1. The van der Waals surface area contributed by atoms with Crippen LogP contribution in [-0.4, -0.2) is 28.0 Å². The van der Waals surface area contributed by atoms with E-state index in [0.717, 1.165) is 31.1 Å². The number of halogens is 3. The van der Waals surface area contributed by atoms with Crippen molar-refractivity contribution in [2.45, 2.75) is 32.1 Å². The Morgan fingerprint density at radius 3 is 2.77 bits per heavy atom. The molecule has 6 heteroatoms. The summed E-state index contributed by atoms with van der Waals surface area (Å²) in [5.41, 5.74) is 3.66. The van der Waals surface area contributed by atoms with Gasteiger partial charge >= 0.3 is 6.18 Å². The van der Waals surface area contributed by atoms with Gasteiger partial charge in [0.25, 0.3) is 0 Å². The van der Waals surface area contributed by atoms with E-state index in [2.05, 4.69) is 33.6 Å². The minimum atomic E-state index is -4.40. The highest BCUT2D eigenvalue weighted by molar-refractivity contribution is 5.85. The van der Waals surface area contributed by atoms with E-state index < -0.39 is 11.9 Å². The maximum atomic E-state index is 12.9. The molecule has 1 aromatic carbocycles. The molecule has 0 amide bonds. The van der Waals surface area contributed by atoms with Crippen LogP contribution in [0.2, 0.25) is 0 Å². The number of alkyl halides is 3. The molecule has 0 atom stereocenters. The van der Waals surface area contributed by atoms with Crippen LogP contribution in [0.25, 0.3) is 10.9 Å². The van der Waals surface area contributed by atoms with Gasteiger partial charge in [-0.1, -0.05) is 18.2 Å². The van der Waals surface area contributed by atoms with Crippen molar-refractivity contribution in [3.63, 3.8) is 0 Å². The number of aromatic nitrogens is 2. The Labute approximate surface area is 150 Å². The van der Waals surface area contributed by atoms with E-state index in [0.29, 0.717) is 18.5 Å². The summed E-state index contributed by atoms with van der Waals surface area (Å²) in [6.45, 7) is 2.58. The summed E-state index contributed by atoms with van der Waals surface area (Å²) in [5, 5.41) is 1.25. The molecule has 0 radical (unpaired) electrons. The monoisotopic (exact) mass is 359 g/mol. The van der Waals surface area contributed by atoms with E-state index >= 15 is 0 Å². The summed E-state index contributed by atoms with van der Waals surface area (Å²) in [5.74, 6) is 0. The lowest BCUT2D eigenvalue weighted by Gasteiger charge is -2.24. The molecule has 26 heavy (non-hydrogen) atoms. The largest absolute Gasteiger partial charge is 0.433 e. The Morgan fingerprint density at radius 2 is 1.96 bits per heavy atom. The lowest BCUT2D eigenvalue weighted by molar-refractivity contribution is -0.141. The average molecular weight is 359 g/mol. The molecule has 0 bridgehead atoms. The SMILES string of the molecule is CN1CCc2c(c3ccccc3n2CCc2ccnc(C(F)(F)F)c2)C1. The predicted octanol–water partition coefficient (Wildman–Crippen LogP) is 4.29. The Balaban J connectivity index is 1.66. The fourth-order valence-electron chi connectivity index (χ4n) is 3.82. The topological polar surface area (TPSA) is 21.1 Å². The number of aryl methyl sites for hydroxylation is 2. The standard InChI is InChI=1S/C20H20F3N3/c1-25-10-8-18-16(13-25)15-4-2-3-5-17(15)26(18)11-7-14-6-9-24-19(12-14)20(21,22)23/h2-6,9,12H,7-8,10-11,13H2,1H3. The molecule has 0 unspecified atom stereocenters. The van der Waals surface area contributed by atoms with Crippen molar-refractivity contribution in [1.29, 1.82) is 0 Å². The third-order valence-electron chi connectivity index (χ3n) is 5.09. The Bertz CT molecular complexity index is 943. The van der Waals surface area contributed by atoms with Crippen molar-refractivity contribution < 1.29 is 13.2 Å². The van der Waals surface area contributed by atoms with Crippen molar-refractivity contribution >= 4 is 10.9 Å². The minimum absolute atomic E-state index is 0.548. The summed E-state index contributed by atoms with van der Waals surface area (Å²) in [6.07, 6.45) is -1.65. The maximum Gasteiger partial charge on any atom is 0.433 e. The van der Waals surface area contributed by atoms with Crippen LogP contribution < -0.4 is 0 Å². The van der Waals surface area contributed by atoms with Crippen LogP contribution in [0.5, 0.6) is 0 Å². The van der Waals surface area contributed by atoms with Crippen molar-refractivity contribution in [3.05, 3.63) is 65.1 Å². The van der Waals surface area contributed by atoms with E-state index in [9.17, 15) is 13.2 Å². The third-order valence-corrected chi connectivity index (χ3v) is 5.09. The molecule has 0 saturated carbocycles. The molecule has 0 N–H and O–H groups in total. The maximum absolute atomic E-state index is 12.9. The van der Waals surface area contributed by atoms with Crippen molar-refractivity contribution in [3.8, 4) is 0 Å². The molecule has 0 aliphatic carbocycles. The number of hydrogen-bond acceptors (Lipinski definition) is 2. The third kappa shape index (κ3) is 3.09. The molecule has 3 heterocycles. The Kier molecular flexibility index (Phi) is 4.23. The van der Waals surface area contributed by atoms with E-state index in [1.807, 2.05) is 12.1 Å². The van der Waals surface area contributed by atoms with Crippen LogP contribution in [-0.2, 0) is 32.1 Å². The minimum Gasteiger partial charge on any atom is -0.344 e. The van der Waals surface area contributed by atoms with Crippen LogP contribution in [0.3, 0.4) is 0 Å². The van der Waals surface area contributed by atoms with Gasteiger partial charge in [-0.2, -0.15) is 13.2 Å². The summed E-state index contributed by atoms with van der Waals surface area (Å²) >= 11 is 0. The second kappa shape index (κ2) is 6.43. The quantitative estimate of drug-likeness (QED) is 0.696. The number of hydrogen-bond donors (Lipinski definition) is 0. The van der Waals surface area contributed by atoms with Crippen LogP contribution in [0.1, 0.15) is 22.5 Å². The fourth-order valence-corrected chi connectivity index (χ4v) is 3.82. The summed E-state index contributed by atoms with van der Waals surface area (Å²) < 4.78 is 40.9. The number of pyridine rings is 1. The molecule has 0 saturated heterocycles. The first-order valence-corrected chi connectivity index (χ1v) is 8.73. The van der Waals surface area contributed by atoms with Gasteiger partial charge in [0.2, 0.25) is 0 Å². The number of rotatable bonds is 3.